The van der Waals surface area contributed by atoms with E-state index in [-0.39, 0.29) is 17.2 Å². The van der Waals surface area contributed by atoms with Gasteiger partial charge < -0.3 is 5.32 Å². The summed E-state index contributed by atoms with van der Waals surface area (Å²) < 4.78 is 0. The number of rotatable bonds is 5. The summed E-state index contributed by atoms with van der Waals surface area (Å²) in [7, 11) is 0. The molecule has 1 N–H and O–H groups in total. The van der Waals surface area contributed by atoms with Crippen molar-refractivity contribution < 1.29 is 9.72 Å². The second kappa shape index (κ2) is 6.91. The van der Waals surface area contributed by atoms with Crippen molar-refractivity contribution in [3.8, 4) is 6.07 Å². The predicted octanol–water partition coefficient (Wildman–Crippen LogP) is 2.01. The van der Waals surface area contributed by atoms with E-state index < -0.39 is 4.92 Å². The Morgan fingerprint density at radius 2 is 2.26 bits per heavy atom. The van der Waals surface area contributed by atoms with E-state index in [0.717, 1.165) is 0 Å². The molecule has 19 heavy (non-hydrogen) atoms. The van der Waals surface area contributed by atoms with Crippen LogP contribution in [0.4, 0.5) is 5.69 Å². The van der Waals surface area contributed by atoms with Crippen LogP contribution in [0.5, 0.6) is 0 Å². The second-order valence-electron chi connectivity index (χ2n) is 3.86. The van der Waals surface area contributed by atoms with Gasteiger partial charge in [0.05, 0.1) is 16.6 Å². The summed E-state index contributed by atoms with van der Waals surface area (Å²) in [6, 6.07) is 6.08. The maximum Gasteiger partial charge on any atom is 0.271 e. The zero-order valence-electron chi connectivity index (χ0n) is 10.4. The first-order chi connectivity index (χ1) is 9.02. The Kier molecular flexibility index (Phi) is 5.23. The number of nitro groups is 1. The smallest absolute Gasteiger partial charge is 0.271 e. The van der Waals surface area contributed by atoms with Crippen molar-refractivity contribution in [2.24, 2.45) is 0 Å². The number of benzene rings is 1. The van der Waals surface area contributed by atoms with E-state index in [4.69, 9.17) is 5.26 Å². The summed E-state index contributed by atoms with van der Waals surface area (Å²) in [5.74, 6) is -0.101. The largest absolute Gasteiger partial charge is 0.356 e. The van der Waals surface area contributed by atoms with E-state index in [2.05, 4.69) is 5.32 Å². The number of non-ortho nitro benzene ring substituents is 1. The van der Waals surface area contributed by atoms with Crippen molar-refractivity contribution in [2.45, 2.75) is 13.3 Å². The molecule has 0 bridgehead atoms. The van der Waals surface area contributed by atoms with Crippen LogP contribution in [0.2, 0.25) is 0 Å². The van der Waals surface area contributed by atoms with E-state index >= 15 is 0 Å². The van der Waals surface area contributed by atoms with Crippen molar-refractivity contribution in [1.29, 1.82) is 5.26 Å². The monoisotopic (exact) mass is 259 g/mol. The lowest BCUT2D eigenvalue weighted by Crippen LogP contribution is -2.20. The fourth-order valence-electron chi connectivity index (χ4n) is 1.45. The zero-order valence-corrected chi connectivity index (χ0v) is 10.4. The highest BCUT2D eigenvalue weighted by Gasteiger charge is 2.07. The number of nitriles is 1. The average molecular weight is 259 g/mol. The molecule has 0 saturated heterocycles. The van der Waals surface area contributed by atoms with Gasteiger partial charge in [-0.2, -0.15) is 5.26 Å². The molecule has 0 spiro atoms. The molecule has 6 nitrogen and oxygen atoms in total. The number of nitrogens with zero attached hydrogens (tertiary/aromatic N) is 2. The summed E-state index contributed by atoms with van der Waals surface area (Å²) in [4.78, 5) is 20.8. The van der Waals surface area contributed by atoms with Crippen LogP contribution >= 0.6 is 0 Å². The highest BCUT2D eigenvalue weighted by molar-refractivity contribution is 5.72. The normalized spacial score (nSPS) is 10.1. The highest BCUT2D eigenvalue weighted by Crippen LogP contribution is 2.17. The van der Waals surface area contributed by atoms with Gasteiger partial charge in [-0.05, 0) is 18.1 Å². The number of nitrogens with one attached hydrogen (secondary N) is 1. The lowest BCUT2D eigenvalue weighted by Gasteiger charge is -1.98. The summed E-state index contributed by atoms with van der Waals surface area (Å²) in [5, 5.41) is 22.1. The molecular weight excluding hydrogens is 246 g/mol. The van der Waals surface area contributed by atoms with Gasteiger partial charge in [-0.3, -0.25) is 14.9 Å². The van der Waals surface area contributed by atoms with Gasteiger partial charge in [0, 0.05) is 25.6 Å². The molecule has 0 aromatic heterocycles. The van der Waals surface area contributed by atoms with Crippen LogP contribution in [0.25, 0.3) is 6.08 Å². The summed E-state index contributed by atoms with van der Waals surface area (Å²) in [6.45, 7) is 1.94. The van der Waals surface area contributed by atoms with Crippen LogP contribution in [0.1, 0.15) is 24.5 Å². The number of amides is 1. The predicted molar refractivity (Wildman–Crippen MR) is 70.1 cm³/mol. The maximum absolute atomic E-state index is 10.7. The van der Waals surface area contributed by atoms with Crippen molar-refractivity contribution in [3.63, 3.8) is 0 Å². The number of carbonyl (C=O) groups is 1. The third kappa shape index (κ3) is 5.00. The van der Waals surface area contributed by atoms with Gasteiger partial charge >= 0.3 is 0 Å². The molecule has 0 unspecified atom stereocenters. The molecule has 0 heterocycles. The first-order valence-electron chi connectivity index (χ1n) is 5.63. The van der Waals surface area contributed by atoms with Crippen molar-refractivity contribution >= 4 is 17.7 Å². The highest BCUT2D eigenvalue weighted by atomic mass is 16.6. The second-order valence-corrected chi connectivity index (χ2v) is 3.86. The Hall–Kier alpha value is -2.68. The van der Waals surface area contributed by atoms with Crippen LogP contribution in [0.15, 0.2) is 24.3 Å². The fourth-order valence-corrected chi connectivity index (χ4v) is 1.45. The minimum absolute atomic E-state index is 0.101. The molecule has 1 amide bonds. The molecule has 1 aromatic rings. The van der Waals surface area contributed by atoms with Gasteiger partial charge in [-0.25, -0.2) is 0 Å². The Labute approximate surface area is 110 Å². The fraction of sp³-hybridized carbons (Fsp3) is 0.231. The number of hydrogen-bond acceptors (Lipinski definition) is 4. The van der Waals surface area contributed by atoms with Crippen molar-refractivity contribution in [3.05, 3.63) is 45.5 Å². The minimum Gasteiger partial charge on any atom is -0.356 e. The SMILES string of the molecule is CC(=O)NCCC=Cc1cc(C#N)cc([N+](=O)[O-])c1. The molecule has 0 fully saturated rings. The molecule has 0 radical (unpaired) electrons. The van der Waals surface area contributed by atoms with Crippen LogP contribution in [-0.2, 0) is 4.79 Å². The third-order valence-corrected chi connectivity index (χ3v) is 2.28. The van der Waals surface area contributed by atoms with E-state index in [0.29, 0.717) is 18.5 Å². The molecule has 6 heteroatoms. The third-order valence-electron chi connectivity index (χ3n) is 2.28. The number of carbonyl (C=O) groups excluding carboxylic acids is 1. The maximum atomic E-state index is 10.7. The molecule has 0 aliphatic carbocycles. The lowest BCUT2D eigenvalue weighted by atomic mass is 10.1. The topological polar surface area (TPSA) is 96.0 Å². The summed E-state index contributed by atoms with van der Waals surface area (Å²) in [6.07, 6.45) is 4.09. The molecular formula is C13H13N3O3. The van der Waals surface area contributed by atoms with Gasteiger partial charge in [-0.15, -0.1) is 0 Å². The molecule has 0 saturated carbocycles. The lowest BCUT2D eigenvalue weighted by molar-refractivity contribution is -0.384. The van der Waals surface area contributed by atoms with Crippen LogP contribution in [0, 0.1) is 21.4 Å². The van der Waals surface area contributed by atoms with Crippen LogP contribution < -0.4 is 5.32 Å². The van der Waals surface area contributed by atoms with Crippen LogP contribution in [0.3, 0.4) is 0 Å². The van der Waals surface area contributed by atoms with E-state index in [9.17, 15) is 14.9 Å². The zero-order chi connectivity index (χ0) is 14.3. The van der Waals surface area contributed by atoms with Gasteiger partial charge in [0.2, 0.25) is 5.91 Å². The van der Waals surface area contributed by atoms with Gasteiger partial charge in [0.25, 0.3) is 5.69 Å². The molecule has 1 aromatic carbocycles. The molecule has 0 aliphatic heterocycles. The Morgan fingerprint density at radius 3 is 2.84 bits per heavy atom. The van der Waals surface area contributed by atoms with Gasteiger partial charge in [-0.1, -0.05) is 12.2 Å². The first kappa shape index (κ1) is 14.4. The summed E-state index contributed by atoms with van der Waals surface area (Å²) >= 11 is 0. The molecule has 0 aliphatic rings. The Bertz CT molecular complexity index is 559. The quantitative estimate of drug-likeness (QED) is 0.497. The molecule has 0 atom stereocenters. The Balaban J connectivity index is 2.75. The van der Waals surface area contributed by atoms with E-state index in [1.54, 1.807) is 18.2 Å². The molecule has 1 rings (SSSR count). The van der Waals surface area contributed by atoms with Crippen LogP contribution in [-0.4, -0.2) is 17.4 Å². The van der Waals surface area contributed by atoms with Crippen molar-refractivity contribution in [2.75, 3.05) is 6.54 Å². The van der Waals surface area contributed by atoms with E-state index in [1.165, 1.54) is 19.1 Å². The Morgan fingerprint density at radius 1 is 1.53 bits per heavy atom. The standard InChI is InChI=1S/C13H13N3O3/c1-10(17)15-5-3-2-4-11-6-12(9-14)8-13(7-11)16(18)19/h2,4,6-8H,3,5H2,1H3,(H,15,17). The number of nitro benzene ring substituents is 1. The average Bonchev–Trinajstić information content (AvgIpc) is 2.37. The minimum atomic E-state index is -0.532. The van der Waals surface area contributed by atoms with Gasteiger partial charge in [0.15, 0.2) is 0 Å². The van der Waals surface area contributed by atoms with Crippen molar-refractivity contribution in [1.82, 2.24) is 5.32 Å². The van der Waals surface area contributed by atoms with Gasteiger partial charge in [0.1, 0.15) is 0 Å². The first-order valence-corrected chi connectivity index (χ1v) is 5.63. The summed E-state index contributed by atoms with van der Waals surface area (Å²) in [5.41, 5.74) is 0.727. The molecule has 98 valence electrons. The number of hydrogen-bond donors (Lipinski definition) is 1. The van der Waals surface area contributed by atoms with E-state index in [1.807, 2.05) is 6.07 Å².